The highest BCUT2D eigenvalue weighted by molar-refractivity contribution is 6.13. The molecule has 0 fully saturated rings. The first-order valence-electron chi connectivity index (χ1n) is 19.4. The first-order valence-corrected chi connectivity index (χ1v) is 19.4. The molecule has 1 spiro atoms. The fraction of sp³-hybridized carbons (Fsp3) is 0.0189. The van der Waals surface area contributed by atoms with Gasteiger partial charge >= 0.3 is 0 Å². The number of fused-ring (bicyclic) bond motifs is 18. The second kappa shape index (κ2) is 11.2. The van der Waals surface area contributed by atoms with Crippen LogP contribution < -0.4 is 0 Å². The molecule has 0 saturated heterocycles. The van der Waals surface area contributed by atoms with E-state index in [-0.39, 0.29) is 0 Å². The van der Waals surface area contributed by atoms with Crippen LogP contribution >= 0.6 is 0 Å². The highest BCUT2D eigenvalue weighted by Crippen LogP contribution is 2.64. The summed E-state index contributed by atoms with van der Waals surface area (Å²) < 4.78 is 0. The van der Waals surface area contributed by atoms with Crippen LogP contribution in [0.25, 0.3) is 98.9 Å². The van der Waals surface area contributed by atoms with Gasteiger partial charge in [0.15, 0.2) is 0 Å². The number of aromatic nitrogens is 4. The van der Waals surface area contributed by atoms with Crippen LogP contribution in [0.15, 0.2) is 183 Å². The SMILES string of the molecule is c1ccc2c(c1)-c1c(ccc3ccccc13)C21c2cc(-c3cc4cccnc4c4ncccc34)ccc2-c2ccc(-c3cc4cccnc4c4ncccc34)cc21. The van der Waals surface area contributed by atoms with Crippen LogP contribution in [0.1, 0.15) is 22.3 Å². The van der Waals surface area contributed by atoms with Crippen molar-refractivity contribution in [3.05, 3.63) is 205 Å². The summed E-state index contributed by atoms with van der Waals surface area (Å²) in [5.41, 5.74) is 18.1. The summed E-state index contributed by atoms with van der Waals surface area (Å²) in [7, 11) is 0. The van der Waals surface area contributed by atoms with Crippen LogP contribution in [0.4, 0.5) is 0 Å². The largest absolute Gasteiger partial charge is 0.254 e. The quantitative estimate of drug-likeness (QED) is 0.167. The van der Waals surface area contributed by atoms with E-state index in [9.17, 15) is 0 Å². The van der Waals surface area contributed by atoms with Gasteiger partial charge in [-0.05, 0) is 126 Å². The van der Waals surface area contributed by atoms with E-state index >= 15 is 0 Å². The average Bonchev–Trinajstić information content (AvgIpc) is 3.75. The third-order valence-corrected chi connectivity index (χ3v) is 12.6. The van der Waals surface area contributed by atoms with Crippen molar-refractivity contribution < 1.29 is 0 Å². The molecule has 11 aromatic rings. The Kier molecular flexibility index (Phi) is 6.07. The van der Waals surface area contributed by atoms with E-state index in [0.29, 0.717) is 0 Å². The van der Waals surface area contributed by atoms with Crippen molar-refractivity contribution in [3.63, 3.8) is 0 Å². The number of rotatable bonds is 2. The fourth-order valence-electron chi connectivity index (χ4n) is 10.3. The molecule has 0 radical (unpaired) electrons. The van der Waals surface area contributed by atoms with Gasteiger partial charge in [0.2, 0.25) is 0 Å². The maximum atomic E-state index is 4.87. The Morgan fingerprint density at radius 3 is 1.44 bits per heavy atom. The lowest BCUT2D eigenvalue weighted by Gasteiger charge is -2.31. The third-order valence-electron chi connectivity index (χ3n) is 12.6. The summed E-state index contributed by atoms with van der Waals surface area (Å²) in [5, 5.41) is 6.88. The van der Waals surface area contributed by atoms with Gasteiger partial charge in [-0.15, -0.1) is 0 Å². The van der Waals surface area contributed by atoms with Crippen LogP contribution in [-0.2, 0) is 5.41 Å². The summed E-state index contributed by atoms with van der Waals surface area (Å²) in [6, 6.07) is 58.2. The molecule has 4 aromatic heterocycles. The van der Waals surface area contributed by atoms with Gasteiger partial charge in [-0.25, -0.2) is 0 Å². The molecule has 4 heterocycles. The van der Waals surface area contributed by atoms with E-state index in [4.69, 9.17) is 19.9 Å². The first kappa shape index (κ1) is 30.7. The minimum Gasteiger partial charge on any atom is -0.254 e. The molecule has 0 unspecified atom stereocenters. The van der Waals surface area contributed by atoms with Crippen LogP contribution in [0.5, 0.6) is 0 Å². The Labute approximate surface area is 327 Å². The molecule has 7 aromatic carbocycles. The molecule has 4 heteroatoms. The number of pyridine rings is 4. The number of nitrogens with zero attached hydrogens (tertiary/aromatic N) is 4. The molecular formula is C53H30N4. The first-order chi connectivity index (χ1) is 28.3. The molecule has 0 atom stereocenters. The lowest BCUT2D eigenvalue weighted by atomic mass is 9.69. The zero-order chi connectivity index (χ0) is 37.2. The van der Waals surface area contributed by atoms with Gasteiger partial charge in [0, 0.05) is 46.3 Å². The van der Waals surface area contributed by atoms with Gasteiger partial charge in [0.1, 0.15) is 0 Å². The zero-order valence-electron chi connectivity index (χ0n) is 30.6. The van der Waals surface area contributed by atoms with Gasteiger partial charge in [0.25, 0.3) is 0 Å². The summed E-state index contributed by atoms with van der Waals surface area (Å²) in [6.45, 7) is 0. The molecule has 2 aliphatic carbocycles. The van der Waals surface area contributed by atoms with E-state index in [1.807, 2.05) is 49.1 Å². The number of benzene rings is 7. The van der Waals surface area contributed by atoms with E-state index in [1.54, 1.807) is 0 Å². The molecule has 57 heavy (non-hydrogen) atoms. The predicted molar refractivity (Wildman–Crippen MR) is 232 cm³/mol. The normalized spacial score (nSPS) is 13.4. The van der Waals surface area contributed by atoms with E-state index in [0.717, 1.165) is 65.9 Å². The molecule has 0 N–H and O–H groups in total. The highest BCUT2D eigenvalue weighted by Gasteiger charge is 2.52. The molecule has 0 bridgehead atoms. The molecular weight excluding hydrogens is 693 g/mol. The highest BCUT2D eigenvalue weighted by atomic mass is 14.7. The minimum atomic E-state index is -0.564. The monoisotopic (exact) mass is 722 g/mol. The van der Waals surface area contributed by atoms with Crippen molar-refractivity contribution in [2.45, 2.75) is 5.41 Å². The minimum absolute atomic E-state index is 0.564. The predicted octanol–water partition coefficient (Wildman–Crippen LogP) is 12.7. The van der Waals surface area contributed by atoms with Crippen LogP contribution in [0.3, 0.4) is 0 Å². The maximum Gasteiger partial charge on any atom is 0.0970 e. The van der Waals surface area contributed by atoms with Gasteiger partial charge in [-0.3, -0.25) is 19.9 Å². The van der Waals surface area contributed by atoms with Crippen LogP contribution in [0.2, 0.25) is 0 Å². The lowest BCUT2D eigenvalue weighted by molar-refractivity contribution is 0.795. The van der Waals surface area contributed by atoms with E-state index < -0.39 is 5.41 Å². The van der Waals surface area contributed by atoms with Gasteiger partial charge < -0.3 is 0 Å². The smallest absolute Gasteiger partial charge is 0.0970 e. The Morgan fingerprint density at radius 2 is 0.807 bits per heavy atom. The summed E-state index contributed by atoms with van der Waals surface area (Å²) >= 11 is 0. The molecule has 0 aliphatic heterocycles. The fourth-order valence-corrected chi connectivity index (χ4v) is 10.3. The van der Waals surface area contributed by atoms with Crippen molar-refractivity contribution in [1.29, 1.82) is 0 Å². The van der Waals surface area contributed by atoms with Crippen molar-refractivity contribution in [2.24, 2.45) is 0 Å². The van der Waals surface area contributed by atoms with Gasteiger partial charge in [-0.2, -0.15) is 0 Å². The zero-order valence-corrected chi connectivity index (χ0v) is 30.6. The maximum absolute atomic E-state index is 4.87. The van der Waals surface area contributed by atoms with Crippen LogP contribution in [-0.4, -0.2) is 19.9 Å². The van der Waals surface area contributed by atoms with Crippen molar-refractivity contribution in [2.75, 3.05) is 0 Å². The van der Waals surface area contributed by atoms with Crippen molar-refractivity contribution in [3.8, 4) is 44.5 Å². The van der Waals surface area contributed by atoms with E-state index in [2.05, 4.69) is 133 Å². The summed E-state index contributed by atoms with van der Waals surface area (Å²) in [4.78, 5) is 19.3. The Bertz CT molecular complexity index is 3380. The Balaban J connectivity index is 1.15. The average molecular weight is 723 g/mol. The lowest BCUT2D eigenvalue weighted by Crippen LogP contribution is -2.26. The summed E-state index contributed by atoms with van der Waals surface area (Å²) in [6.07, 6.45) is 7.45. The molecule has 2 aliphatic rings. The van der Waals surface area contributed by atoms with Crippen molar-refractivity contribution >= 4 is 54.4 Å². The van der Waals surface area contributed by atoms with Crippen molar-refractivity contribution in [1.82, 2.24) is 19.9 Å². The van der Waals surface area contributed by atoms with Crippen LogP contribution in [0, 0.1) is 0 Å². The molecule has 13 rings (SSSR count). The topological polar surface area (TPSA) is 51.6 Å². The number of hydrogen-bond donors (Lipinski definition) is 0. The Morgan fingerprint density at radius 1 is 0.298 bits per heavy atom. The third kappa shape index (κ3) is 4.01. The second-order valence-corrected chi connectivity index (χ2v) is 15.3. The summed E-state index contributed by atoms with van der Waals surface area (Å²) in [5.74, 6) is 0. The van der Waals surface area contributed by atoms with Gasteiger partial charge in [0.05, 0.1) is 27.5 Å². The number of hydrogen-bond acceptors (Lipinski definition) is 4. The molecule has 262 valence electrons. The molecule has 0 saturated carbocycles. The Hall–Kier alpha value is -7.56. The second-order valence-electron chi connectivity index (χ2n) is 15.3. The van der Waals surface area contributed by atoms with Gasteiger partial charge in [-0.1, -0.05) is 109 Å². The van der Waals surface area contributed by atoms with E-state index in [1.165, 1.54) is 55.3 Å². The standard InChI is InChI=1S/C53H30N4/c1-2-12-36-31(9-1)19-22-45-48(36)41-13-3-4-16-44(41)53(45)46-29-32(42-27-34-10-5-23-54-49(34)51-39(42)14-7-25-56-51)17-20-37(46)38-21-18-33(30-47(38)53)43-28-35-11-6-24-55-50(35)52-40(43)15-8-26-57-52/h1-30H. The molecule has 4 nitrogen and oxygen atoms in total. The molecule has 0 amide bonds.